The highest BCUT2D eigenvalue weighted by molar-refractivity contribution is 6.29. The molecule has 22 heavy (non-hydrogen) atoms. The summed E-state index contributed by atoms with van der Waals surface area (Å²) in [5, 5.41) is 15.7. The van der Waals surface area contributed by atoms with Crippen molar-refractivity contribution in [2.75, 3.05) is 0 Å². The molecule has 0 saturated heterocycles. The Bertz CT molecular complexity index is 680. The summed E-state index contributed by atoms with van der Waals surface area (Å²) in [4.78, 5) is 13.7. The Hall–Kier alpha value is -2.21. The third-order valence-corrected chi connectivity index (χ3v) is 3.59. The number of halogens is 1. The SMILES string of the molecule is C=C(Cl)Cn1nnc([C@@H](NC(=O)c2ccccc2)C2CC2)n1. The van der Waals surface area contributed by atoms with E-state index in [9.17, 15) is 4.79 Å². The second-order valence-corrected chi connectivity index (χ2v) is 5.88. The summed E-state index contributed by atoms with van der Waals surface area (Å²) in [7, 11) is 0. The van der Waals surface area contributed by atoms with Crippen molar-refractivity contribution in [1.29, 1.82) is 0 Å². The van der Waals surface area contributed by atoms with E-state index in [1.165, 1.54) is 4.80 Å². The predicted octanol–water partition coefficient (Wildman–Crippen LogP) is 2.31. The molecule has 1 aromatic carbocycles. The highest BCUT2D eigenvalue weighted by atomic mass is 35.5. The van der Waals surface area contributed by atoms with Gasteiger partial charge in [-0.15, -0.1) is 10.2 Å². The van der Waals surface area contributed by atoms with Crippen LogP contribution in [0.25, 0.3) is 0 Å². The first-order chi connectivity index (χ1) is 10.6. The van der Waals surface area contributed by atoms with Gasteiger partial charge in [0.1, 0.15) is 0 Å². The fourth-order valence-electron chi connectivity index (χ4n) is 2.24. The highest BCUT2D eigenvalue weighted by Crippen LogP contribution is 2.39. The van der Waals surface area contributed by atoms with Gasteiger partial charge in [-0.25, -0.2) is 0 Å². The predicted molar refractivity (Wildman–Crippen MR) is 82.2 cm³/mol. The van der Waals surface area contributed by atoms with E-state index < -0.39 is 0 Å². The van der Waals surface area contributed by atoms with Crippen molar-refractivity contribution in [3.05, 3.63) is 53.3 Å². The van der Waals surface area contributed by atoms with Crippen LogP contribution in [-0.2, 0) is 6.54 Å². The molecule has 6 nitrogen and oxygen atoms in total. The van der Waals surface area contributed by atoms with Gasteiger partial charge in [0.15, 0.2) is 5.82 Å². The number of aromatic nitrogens is 4. The Morgan fingerprint density at radius 2 is 2.14 bits per heavy atom. The van der Waals surface area contributed by atoms with Crippen molar-refractivity contribution in [2.45, 2.75) is 25.4 Å². The molecule has 1 fully saturated rings. The lowest BCUT2D eigenvalue weighted by atomic mass is 10.1. The van der Waals surface area contributed by atoms with Gasteiger partial charge in [0, 0.05) is 10.6 Å². The van der Waals surface area contributed by atoms with Crippen molar-refractivity contribution in [3.63, 3.8) is 0 Å². The zero-order valence-corrected chi connectivity index (χ0v) is 12.7. The number of tetrazole rings is 1. The minimum Gasteiger partial charge on any atom is -0.342 e. The van der Waals surface area contributed by atoms with Crippen molar-refractivity contribution in [1.82, 2.24) is 25.5 Å². The molecular weight excluding hydrogens is 302 g/mol. The molecule has 3 rings (SSSR count). The molecule has 1 saturated carbocycles. The Kier molecular flexibility index (Phi) is 4.20. The van der Waals surface area contributed by atoms with Gasteiger partial charge in [-0.1, -0.05) is 36.4 Å². The second-order valence-electron chi connectivity index (χ2n) is 5.35. The van der Waals surface area contributed by atoms with Crippen LogP contribution in [0.1, 0.15) is 35.1 Å². The van der Waals surface area contributed by atoms with Crippen LogP contribution in [0, 0.1) is 5.92 Å². The summed E-state index contributed by atoms with van der Waals surface area (Å²) in [6, 6.07) is 8.89. The van der Waals surface area contributed by atoms with Crippen LogP contribution in [0.5, 0.6) is 0 Å². The van der Waals surface area contributed by atoms with Crippen LogP contribution in [0.2, 0.25) is 0 Å². The minimum atomic E-state index is -0.218. The summed E-state index contributed by atoms with van der Waals surface area (Å²) in [5.41, 5.74) is 0.620. The van der Waals surface area contributed by atoms with Crippen LogP contribution in [-0.4, -0.2) is 26.1 Å². The van der Waals surface area contributed by atoms with E-state index in [2.05, 4.69) is 27.3 Å². The Labute approximate surface area is 133 Å². The molecule has 1 atom stereocenters. The average molecular weight is 318 g/mol. The van der Waals surface area contributed by atoms with Gasteiger partial charge in [-0.05, 0) is 36.1 Å². The highest BCUT2D eigenvalue weighted by Gasteiger charge is 2.36. The molecule has 1 aromatic heterocycles. The number of rotatable bonds is 6. The number of benzene rings is 1. The number of carbonyl (C=O) groups excluding carboxylic acids is 1. The van der Waals surface area contributed by atoms with Crippen LogP contribution >= 0.6 is 11.6 Å². The molecular formula is C15H16ClN5O. The number of carbonyl (C=O) groups is 1. The van der Waals surface area contributed by atoms with Crippen molar-refractivity contribution in [2.24, 2.45) is 5.92 Å². The lowest BCUT2D eigenvalue weighted by Gasteiger charge is -2.14. The monoisotopic (exact) mass is 317 g/mol. The van der Waals surface area contributed by atoms with Crippen LogP contribution in [0.15, 0.2) is 41.9 Å². The number of nitrogens with one attached hydrogen (secondary N) is 1. The van der Waals surface area contributed by atoms with Gasteiger partial charge >= 0.3 is 0 Å². The van der Waals surface area contributed by atoms with E-state index in [0.29, 0.717) is 28.9 Å². The number of amides is 1. The third-order valence-electron chi connectivity index (χ3n) is 3.48. The van der Waals surface area contributed by atoms with E-state index in [1.54, 1.807) is 12.1 Å². The molecule has 0 unspecified atom stereocenters. The van der Waals surface area contributed by atoms with Gasteiger partial charge in [0.2, 0.25) is 0 Å². The fraction of sp³-hybridized carbons (Fsp3) is 0.333. The van der Waals surface area contributed by atoms with Crippen molar-refractivity contribution >= 4 is 17.5 Å². The van der Waals surface area contributed by atoms with E-state index in [1.807, 2.05) is 18.2 Å². The zero-order chi connectivity index (χ0) is 15.5. The van der Waals surface area contributed by atoms with Gasteiger partial charge in [0.25, 0.3) is 5.91 Å². The fourth-order valence-corrected chi connectivity index (χ4v) is 2.34. The van der Waals surface area contributed by atoms with Gasteiger partial charge < -0.3 is 5.32 Å². The lowest BCUT2D eigenvalue weighted by molar-refractivity contribution is 0.0929. The topological polar surface area (TPSA) is 72.7 Å². The standard InChI is InChI=1S/C15H16ClN5O/c1-10(16)9-21-19-14(18-20-21)13(11-7-8-11)17-15(22)12-5-3-2-4-6-12/h2-6,11,13H,1,7-9H2,(H,17,22)/t13-/m0/s1. The maximum atomic E-state index is 12.3. The smallest absolute Gasteiger partial charge is 0.251 e. The molecule has 0 spiro atoms. The number of hydrogen-bond acceptors (Lipinski definition) is 4. The molecule has 114 valence electrons. The zero-order valence-electron chi connectivity index (χ0n) is 11.9. The second kappa shape index (κ2) is 6.27. The Morgan fingerprint density at radius 1 is 1.41 bits per heavy atom. The van der Waals surface area contributed by atoms with Crippen LogP contribution < -0.4 is 5.32 Å². The maximum Gasteiger partial charge on any atom is 0.251 e. The first kappa shape index (κ1) is 14.7. The largest absolute Gasteiger partial charge is 0.342 e. The molecule has 1 N–H and O–H groups in total. The minimum absolute atomic E-state index is 0.129. The molecule has 1 aliphatic carbocycles. The number of hydrogen-bond donors (Lipinski definition) is 1. The molecule has 1 heterocycles. The van der Waals surface area contributed by atoms with E-state index in [0.717, 1.165) is 12.8 Å². The molecule has 1 aliphatic rings. The van der Waals surface area contributed by atoms with Crippen LogP contribution in [0.3, 0.4) is 0 Å². The van der Waals surface area contributed by atoms with E-state index in [4.69, 9.17) is 11.6 Å². The molecule has 2 aromatic rings. The summed E-state index contributed by atoms with van der Waals surface area (Å²) in [5.74, 6) is 0.754. The summed E-state index contributed by atoms with van der Waals surface area (Å²) < 4.78 is 0. The molecule has 0 bridgehead atoms. The van der Waals surface area contributed by atoms with Gasteiger partial charge in [-0.2, -0.15) is 4.80 Å². The van der Waals surface area contributed by atoms with Gasteiger partial charge in [0.05, 0.1) is 12.6 Å². The quantitative estimate of drug-likeness (QED) is 0.887. The summed E-state index contributed by atoms with van der Waals surface area (Å²) in [6.45, 7) is 3.91. The Balaban J connectivity index is 1.74. The van der Waals surface area contributed by atoms with Gasteiger partial charge in [-0.3, -0.25) is 4.79 Å². The summed E-state index contributed by atoms with van der Waals surface area (Å²) >= 11 is 5.75. The normalized spacial score (nSPS) is 15.3. The van der Waals surface area contributed by atoms with Crippen molar-refractivity contribution in [3.8, 4) is 0 Å². The summed E-state index contributed by atoms with van der Waals surface area (Å²) in [6.07, 6.45) is 2.10. The molecule has 7 heteroatoms. The van der Waals surface area contributed by atoms with E-state index >= 15 is 0 Å². The molecule has 1 amide bonds. The van der Waals surface area contributed by atoms with E-state index in [-0.39, 0.29) is 11.9 Å². The first-order valence-corrected chi connectivity index (χ1v) is 7.48. The maximum absolute atomic E-state index is 12.3. The molecule has 0 radical (unpaired) electrons. The average Bonchev–Trinajstić information content (AvgIpc) is 3.25. The Morgan fingerprint density at radius 3 is 2.77 bits per heavy atom. The number of nitrogens with zero attached hydrogens (tertiary/aromatic N) is 4. The molecule has 0 aliphatic heterocycles. The lowest BCUT2D eigenvalue weighted by Crippen LogP contribution is -2.30. The third kappa shape index (κ3) is 3.51. The number of allylic oxidation sites excluding steroid dienone is 1. The first-order valence-electron chi connectivity index (χ1n) is 7.10. The van der Waals surface area contributed by atoms with Crippen molar-refractivity contribution < 1.29 is 4.79 Å². The van der Waals surface area contributed by atoms with Crippen LogP contribution in [0.4, 0.5) is 0 Å².